The van der Waals surface area contributed by atoms with E-state index in [9.17, 15) is 12.8 Å². The van der Waals surface area contributed by atoms with Gasteiger partial charge in [0, 0.05) is 12.1 Å². The van der Waals surface area contributed by atoms with Crippen molar-refractivity contribution < 1.29 is 17.9 Å². The molecule has 0 fully saturated rings. The number of nitrogens with one attached hydrogen (secondary N) is 1. The maximum Gasteiger partial charge on any atom is 0.240 e. The molecule has 114 valence electrons. The highest BCUT2D eigenvalue weighted by Crippen LogP contribution is 2.23. The van der Waals surface area contributed by atoms with Gasteiger partial charge in [0.25, 0.3) is 0 Å². The minimum atomic E-state index is -3.79. The van der Waals surface area contributed by atoms with Crippen LogP contribution in [0.3, 0.4) is 0 Å². The molecule has 0 unspecified atom stereocenters. The third-order valence-corrected chi connectivity index (χ3v) is 5.05. The molecule has 1 rings (SSSR count). The van der Waals surface area contributed by atoms with Crippen LogP contribution in [0, 0.1) is 18.2 Å². The third kappa shape index (κ3) is 4.01. The Morgan fingerprint density at radius 3 is 2.45 bits per heavy atom. The Morgan fingerprint density at radius 2 is 1.95 bits per heavy atom. The summed E-state index contributed by atoms with van der Waals surface area (Å²) >= 11 is 0. The average Bonchev–Trinajstić information content (AvgIpc) is 2.39. The van der Waals surface area contributed by atoms with Crippen molar-refractivity contribution in [2.45, 2.75) is 45.6 Å². The van der Waals surface area contributed by atoms with E-state index in [4.69, 9.17) is 5.11 Å². The molecule has 6 heteroatoms. The van der Waals surface area contributed by atoms with E-state index < -0.39 is 22.4 Å². The Bertz CT molecular complexity index is 582. The maximum atomic E-state index is 13.7. The first-order valence-corrected chi connectivity index (χ1v) is 8.01. The number of benzene rings is 1. The Labute approximate surface area is 120 Å². The fraction of sp³-hybridized carbons (Fsp3) is 0.571. The van der Waals surface area contributed by atoms with Gasteiger partial charge in [-0.25, -0.2) is 17.5 Å². The number of rotatable bonds is 6. The van der Waals surface area contributed by atoms with Crippen molar-refractivity contribution >= 4 is 10.0 Å². The first-order chi connectivity index (χ1) is 9.13. The molecule has 1 aromatic carbocycles. The van der Waals surface area contributed by atoms with Crippen molar-refractivity contribution in [3.63, 3.8) is 0 Å². The monoisotopic (exact) mass is 303 g/mol. The minimum Gasteiger partial charge on any atom is -0.392 e. The smallest absolute Gasteiger partial charge is 0.240 e. The molecule has 0 aliphatic carbocycles. The van der Waals surface area contributed by atoms with Crippen LogP contribution in [0.1, 0.15) is 38.3 Å². The van der Waals surface area contributed by atoms with Crippen LogP contribution in [-0.4, -0.2) is 20.1 Å². The summed E-state index contributed by atoms with van der Waals surface area (Å²) in [6.45, 7) is 7.16. The van der Waals surface area contributed by atoms with Crippen LogP contribution < -0.4 is 4.72 Å². The molecule has 1 aromatic rings. The Hall–Kier alpha value is -0.980. The summed E-state index contributed by atoms with van der Waals surface area (Å²) in [5.41, 5.74) is 0.126. The lowest BCUT2D eigenvalue weighted by Crippen LogP contribution is -2.34. The van der Waals surface area contributed by atoms with Gasteiger partial charge in [-0.05, 0) is 36.5 Å². The van der Waals surface area contributed by atoms with Gasteiger partial charge in [-0.1, -0.05) is 20.8 Å². The van der Waals surface area contributed by atoms with Crippen LogP contribution in [0.15, 0.2) is 17.0 Å². The first-order valence-electron chi connectivity index (χ1n) is 6.52. The van der Waals surface area contributed by atoms with Crippen molar-refractivity contribution in [2.24, 2.45) is 5.41 Å². The minimum absolute atomic E-state index is 0.0593. The molecule has 0 aromatic heterocycles. The molecule has 2 N–H and O–H groups in total. The van der Waals surface area contributed by atoms with Gasteiger partial charge in [0.2, 0.25) is 10.0 Å². The van der Waals surface area contributed by atoms with E-state index >= 15 is 0 Å². The van der Waals surface area contributed by atoms with Crippen molar-refractivity contribution in [3.8, 4) is 0 Å². The SMILES string of the molecule is CCC(C)(C)CNS(=O)(=O)c1cc(CO)cc(F)c1C. The summed E-state index contributed by atoms with van der Waals surface area (Å²) in [5.74, 6) is -0.633. The Morgan fingerprint density at radius 1 is 1.35 bits per heavy atom. The summed E-state index contributed by atoms with van der Waals surface area (Å²) < 4.78 is 40.8. The Balaban J connectivity index is 3.13. The summed E-state index contributed by atoms with van der Waals surface area (Å²) in [4.78, 5) is -0.117. The van der Waals surface area contributed by atoms with E-state index in [1.807, 2.05) is 20.8 Å². The molecule has 0 amide bonds. The van der Waals surface area contributed by atoms with Gasteiger partial charge in [0.15, 0.2) is 0 Å². The van der Waals surface area contributed by atoms with Crippen LogP contribution in [0.25, 0.3) is 0 Å². The first kappa shape index (κ1) is 17.1. The number of hydrogen-bond donors (Lipinski definition) is 2. The Kier molecular flexibility index (Phi) is 5.29. The molecule has 0 saturated heterocycles. The molecule has 4 nitrogen and oxygen atoms in total. The molecule has 0 aliphatic heterocycles. The average molecular weight is 303 g/mol. The van der Waals surface area contributed by atoms with Gasteiger partial charge in [-0.2, -0.15) is 0 Å². The zero-order valence-electron chi connectivity index (χ0n) is 12.3. The second-order valence-corrected chi connectivity index (χ2v) is 7.44. The summed E-state index contributed by atoms with van der Waals surface area (Å²) in [6.07, 6.45) is 0.819. The molecule has 20 heavy (non-hydrogen) atoms. The zero-order chi connectivity index (χ0) is 15.6. The number of aliphatic hydroxyl groups is 1. The molecule has 0 bridgehead atoms. The van der Waals surface area contributed by atoms with E-state index in [0.29, 0.717) is 0 Å². The highest BCUT2D eigenvalue weighted by molar-refractivity contribution is 7.89. The van der Waals surface area contributed by atoms with E-state index in [1.165, 1.54) is 13.0 Å². The number of aliphatic hydroxyl groups excluding tert-OH is 1. The highest BCUT2D eigenvalue weighted by Gasteiger charge is 2.23. The molecule has 0 saturated carbocycles. The van der Waals surface area contributed by atoms with E-state index in [0.717, 1.165) is 12.5 Å². The van der Waals surface area contributed by atoms with Crippen molar-refractivity contribution in [2.75, 3.05) is 6.54 Å². The predicted octanol–water partition coefficient (Wildman–Crippen LogP) is 2.34. The quantitative estimate of drug-likeness (QED) is 0.847. The van der Waals surface area contributed by atoms with Crippen LogP contribution in [0.4, 0.5) is 4.39 Å². The maximum absolute atomic E-state index is 13.7. The fourth-order valence-corrected chi connectivity index (χ4v) is 3.11. The van der Waals surface area contributed by atoms with Gasteiger partial charge in [-0.15, -0.1) is 0 Å². The van der Waals surface area contributed by atoms with Gasteiger partial charge in [0.1, 0.15) is 5.82 Å². The van der Waals surface area contributed by atoms with Crippen LogP contribution in [0.2, 0.25) is 0 Å². The van der Waals surface area contributed by atoms with E-state index in [-0.39, 0.29) is 28.0 Å². The third-order valence-electron chi connectivity index (χ3n) is 3.53. The lowest BCUT2D eigenvalue weighted by molar-refractivity contribution is 0.281. The largest absolute Gasteiger partial charge is 0.392 e. The second kappa shape index (κ2) is 6.20. The second-order valence-electron chi connectivity index (χ2n) is 5.70. The van der Waals surface area contributed by atoms with Gasteiger partial charge < -0.3 is 5.11 Å². The number of hydrogen-bond acceptors (Lipinski definition) is 3. The van der Waals surface area contributed by atoms with E-state index in [1.54, 1.807) is 0 Å². The standard InChI is InChI=1S/C14H22FNO3S/c1-5-14(3,4)9-16-20(18,19)13-7-11(8-17)6-12(15)10(13)2/h6-7,16-17H,5,8-9H2,1-4H3. The number of halogens is 1. The topological polar surface area (TPSA) is 66.4 Å². The van der Waals surface area contributed by atoms with E-state index in [2.05, 4.69) is 4.72 Å². The molecule has 0 aliphatic rings. The zero-order valence-corrected chi connectivity index (χ0v) is 13.1. The van der Waals surface area contributed by atoms with Crippen LogP contribution >= 0.6 is 0 Å². The van der Waals surface area contributed by atoms with Crippen LogP contribution in [-0.2, 0) is 16.6 Å². The van der Waals surface area contributed by atoms with Crippen LogP contribution in [0.5, 0.6) is 0 Å². The predicted molar refractivity (Wildman–Crippen MR) is 76.3 cm³/mol. The lowest BCUT2D eigenvalue weighted by Gasteiger charge is -2.23. The van der Waals surface area contributed by atoms with Crippen molar-refractivity contribution in [3.05, 3.63) is 29.1 Å². The van der Waals surface area contributed by atoms with Crippen molar-refractivity contribution in [1.82, 2.24) is 4.72 Å². The molecule has 0 radical (unpaired) electrons. The van der Waals surface area contributed by atoms with Gasteiger partial charge >= 0.3 is 0 Å². The van der Waals surface area contributed by atoms with Gasteiger partial charge in [0.05, 0.1) is 11.5 Å². The summed E-state index contributed by atoms with van der Waals surface area (Å²) in [6, 6.07) is 2.45. The summed E-state index contributed by atoms with van der Waals surface area (Å²) in [7, 11) is -3.79. The van der Waals surface area contributed by atoms with Gasteiger partial charge in [-0.3, -0.25) is 0 Å². The highest BCUT2D eigenvalue weighted by atomic mass is 32.2. The fourth-order valence-electron chi connectivity index (χ4n) is 1.57. The molecular formula is C14H22FNO3S. The summed E-state index contributed by atoms with van der Waals surface area (Å²) in [5, 5.41) is 9.06. The molecule has 0 spiro atoms. The normalized spacial score (nSPS) is 12.7. The lowest BCUT2D eigenvalue weighted by atomic mass is 9.91. The molecular weight excluding hydrogens is 281 g/mol. The van der Waals surface area contributed by atoms with Crippen molar-refractivity contribution in [1.29, 1.82) is 0 Å². The number of sulfonamides is 1. The molecule has 0 heterocycles. The molecule has 0 atom stereocenters.